The van der Waals surface area contributed by atoms with Crippen LogP contribution in [0.3, 0.4) is 0 Å². The van der Waals surface area contributed by atoms with Gasteiger partial charge in [0, 0.05) is 39.8 Å². The van der Waals surface area contributed by atoms with Gasteiger partial charge < -0.3 is 15.0 Å². The lowest BCUT2D eigenvalue weighted by atomic mass is 10.2. The highest BCUT2D eigenvalue weighted by Crippen LogP contribution is 2.09. The second-order valence-electron chi connectivity index (χ2n) is 4.10. The average Bonchev–Trinajstić information content (AvgIpc) is 2.76. The molecule has 0 radical (unpaired) electrons. The molecule has 1 unspecified atom stereocenters. The van der Waals surface area contributed by atoms with Crippen LogP contribution in [0.4, 0.5) is 0 Å². The van der Waals surface area contributed by atoms with Crippen molar-refractivity contribution in [2.45, 2.75) is 31.7 Å². The minimum Gasteiger partial charge on any atom is -0.385 e. The molecule has 1 N–H and O–H groups in total. The van der Waals surface area contributed by atoms with E-state index in [1.807, 2.05) is 11.9 Å². The van der Waals surface area contributed by atoms with Gasteiger partial charge in [0.15, 0.2) is 0 Å². The van der Waals surface area contributed by atoms with E-state index in [4.69, 9.17) is 4.74 Å². The molecule has 1 aliphatic rings. The fourth-order valence-electron chi connectivity index (χ4n) is 1.87. The normalized spacial score (nSPS) is 20.5. The van der Waals surface area contributed by atoms with Crippen LogP contribution in [0.2, 0.25) is 0 Å². The van der Waals surface area contributed by atoms with Crippen molar-refractivity contribution >= 4 is 5.91 Å². The lowest BCUT2D eigenvalue weighted by Crippen LogP contribution is -2.38. The third-order valence-corrected chi connectivity index (χ3v) is 2.96. The zero-order valence-electron chi connectivity index (χ0n) is 9.79. The predicted molar refractivity (Wildman–Crippen MR) is 59.8 cm³/mol. The summed E-state index contributed by atoms with van der Waals surface area (Å²) in [5, 5.41) is 3.27. The summed E-state index contributed by atoms with van der Waals surface area (Å²) in [7, 11) is 3.61. The lowest BCUT2D eigenvalue weighted by Gasteiger charge is -2.23. The first-order chi connectivity index (χ1) is 7.25. The number of carbonyl (C=O) groups excluding carboxylic acids is 1. The van der Waals surface area contributed by atoms with Crippen LogP contribution >= 0.6 is 0 Å². The monoisotopic (exact) mass is 214 g/mol. The van der Waals surface area contributed by atoms with Crippen molar-refractivity contribution < 1.29 is 9.53 Å². The molecule has 0 spiro atoms. The molecular weight excluding hydrogens is 192 g/mol. The van der Waals surface area contributed by atoms with Crippen molar-refractivity contribution in [1.82, 2.24) is 10.2 Å². The molecule has 1 fully saturated rings. The Bertz CT molecular complexity index is 191. The zero-order valence-corrected chi connectivity index (χ0v) is 9.79. The Balaban J connectivity index is 2.14. The van der Waals surface area contributed by atoms with E-state index < -0.39 is 0 Å². The molecule has 88 valence electrons. The average molecular weight is 214 g/mol. The summed E-state index contributed by atoms with van der Waals surface area (Å²) < 4.78 is 4.95. The maximum Gasteiger partial charge on any atom is 0.222 e. The molecule has 1 atom stereocenters. The van der Waals surface area contributed by atoms with Gasteiger partial charge in [-0.15, -0.1) is 0 Å². The molecule has 1 heterocycles. The number of hydrogen-bond donors (Lipinski definition) is 1. The summed E-state index contributed by atoms with van der Waals surface area (Å²) in [4.78, 5) is 13.6. The first-order valence-electron chi connectivity index (χ1n) is 5.71. The van der Waals surface area contributed by atoms with Crippen molar-refractivity contribution in [1.29, 1.82) is 0 Å². The van der Waals surface area contributed by atoms with Gasteiger partial charge in [0.25, 0.3) is 0 Å². The first kappa shape index (κ1) is 12.5. The van der Waals surface area contributed by atoms with Crippen molar-refractivity contribution in [3.63, 3.8) is 0 Å². The van der Waals surface area contributed by atoms with Crippen LogP contribution in [-0.4, -0.2) is 50.7 Å². The summed E-state index contributed by atoms with van der Waals surface area (Å²) in [6.07, 6.45) is 3.63. The highest BCUT2D eigenvalue weighted by atomic mass is 16.5. The Kier molecular flexibility index (Phi) is 5.65. The number of unbranched alkanes of at least 4 members (excludes halogenated alkanes) is 1. The van der Waals surface area contributed by atoms with Gasteiger partial charge >= 0.3 is 0 Å². The number of amides is 1. The largest absolute Gasteiger partial charge is 0.385 e. The fourth-order valence-corrected chi connectivity index (χ4v) is 1.87. The number of methoxy groups -OCH3 is 1. The predicted octanol–water partition coefficient (Wildman–Crippen LogP) is 0.623. The molecule has 15 heavy (non-hydrogen) atoms. The molecule has 0 aromatic rings. The Hall–Kier alpha value is -0.610. The third-order valence-electron chi connectivity index (χ3n) is 2.96. The van der Waals surface area contributed by atoms with E-state index in [0.29, 0.717) is 12.5 Å². The van der Waals surface area contributed by atoms with Gasteiger partial charge in [-0.3, -0.25) is 4.79 Å². The maximum atomic E-state index is 11.8. The van der Waals surface area contributed by atoms with Gasteiger partial charge in [0.1, 0.15) is 0 Å². The Morgan fingerprint density at radius 3 is 2.93 bits per heavy atom. The molecule has 0 saturated carbocycles. The van der Waals surface area contributed by atoms with Crippen LogP contribution in [0.25, 0.3) is 0 Å². The van der Waals surface area contributed by atoms with Gasteiger partial charge in [-0.25, -0.2) is 0 Å². The fraction of sp³-hybridized carbons (Fsp3) is 0.909. The number of nitrogens with one attached hydrogen (secondary N) is 1. The van der Waals surface area contributed by atoms with Gasteiger partial charge in [-0.05, 0) is 25.8 Å². The van der Waals surface area contributed by atoms with Crippen LogP contribution in [0.5, 0.6) is 0 Å². The first-order valence-corrected chi connectivity index (χ1v) is 5.71. The molecule has 0 aromatic heterocycles. The molecule has 4 nitrogen and oxygen atoms in total. The summed E-state index contributed by atoms with van der Waals surface area (Å²) in [5.74, 6) is 0.264. The summed E-state index contributed by atoms with van der Waals surface area (Å²) >= 11 is 0. The van der Waals surface area contributed by atoms with Crippen molar-refractivity contribution in [2.24, 2.45) is 0 Å². The summed E-state index contributed by atoms with van der Waals surface area (Å²) in [6, 6.07) is 0.403. The van der Waals surface area contributed by atoms with Crippen molar-refractivity contribution in [3.8, 4) is 0 Å². The smallest absolute Gasteiger partial charge is 0.222 e. The molecule has 0 aliphatic carbocycles. The van der Waals surface area contributed by atoms with Gasteiger partial charge in [-0.2, -0.15) is 0 Å². The van der Waals surface area contributed by atoms with E-state index in [9.17, 15) is 4.79 Å². The molecule has 1 amide bonds. The van der Waals surface area contributed by atoms with Crippen molar-refractivity contribution in [2.75, 3.05) is 33.9 Å². The van der Waals surface area contributed by atoms with E-state index in [1.54, 1.807) is 7.11 Å². The van der Waals surface area contributed by atoms with E-state index in [1.165, 1.54) is 0 Å². The van der Waals surface area contributed by atoms with Crippen LogP contribution in [0.1, 0.15) is 25.7 Å². The second-order valence-corrected chi connectivity index (χ2v) is 4.10. The van der Waals surface area contributed by atoms with E-state index in [-0.39, 0.29) is 5.91 Å². The second kappa shape index (κ2) is 6.80. The summed E-state index contributed by atoms with van der Waals surface area (Å²) in [5.41, 5.74) is 0. The van der Waals surface area contributed by atoms with Crippen LogP contribution in [-0.2, 0) is 9.53 Å². The van der Waals surface area contributed by atoms with E-state index in [2.05, 4.69) is 5.32 Å². The molecule has 0 aromatic carbocycles. The maximum absolute atomic E-state index is 11.8. The van der Waals surface area contributed by atoms with Gasteiger partial charge in [-0.1, -0.05) is 0 Å². The third kappa shape index (κ3) is 4.18. The SMILES string of the molecule is COCCCCC(=O)N(C)C1CCNC1. The van der Waals surface area contributed by atoms with Crippen LogP contribution in [0.15, 0.2) is 0 Å². The molecule has 0 bridgehead atoms. The topological polar surface area (TPSA) is 41.6 Å². The zero-order chi connectivity index (χ0) is 11.1. The van der Waals surface area contributed by atoms with Gasteiger partial charge in [0.05, 0.1) is 0 Å². The number of hydrogen-bond acceptors (Lipinski definition) is 3. The molecule has 4 heteroatoms. The number of nitrogens with zero attached hydrogens (tertiary/aromatic N) is 1. The van der Waals surface area contributed by atoms with E-state index >= 15 is 0 Å². The van der Waals surface area contributed by atoms with E-state index in [0.717, 1.165) is 39.0 Å². The van der Waals surface area contributed by atoms with Crippen molar-refractivity contribution in [3.05, 3.63) is 0 Å². The quantitative estimate of drug-likeness (QED) is 0.659. The Morgan fingerprint density at radius 1 is 1.53 bits per heavy atom. The minimum atomic E-state index is 0.264. The highest BCUT2D eigenvalue weighted by molar-refractivity contribution is 5.76. The molecule has 1 saturated heterocycles. The Morgan fingerprint density at radius 2 is 2.33 bits per heavy atom. The Labute approximate surface area is 92.0 Å². The standard InChI is InChI=1S/C11H22N2O2/c1-13(10-6-7-12-9-10)11(14)5-3-4-8-15-2/h10,12H,3-9H2,1-2H3. The molecule has 1 rings (SSSR count). The lowest BCUT2D eigenvalue weighted by molar-refractivity contribution is -0.131. The number of carbonyl (C=O) groups is 1. The van der Waals surface area contributed by atoms with Gasteiger partial charge in [0.2, 0.25) is 5.91 Å². The highest BCUT2D eigenvalue weighted by Gasteiger charge is 2.22. The minimum absolute atomic E-state index is 0.264. The van der Waals surface area contributed by atoms with Crippen LogP contribution < -0.4 is 5.32 Å². The molecule has 1 aliphatic heterocycles. The van der Waals surface area contributed by atoms with Crippen LogP contribution in [0, 0.1) is 0 Å². The number of ether oxygens (including phenoxy) is 1. The number of likely N-dealkylation sites (N-methyl/N-ethyl adjacent to an activating group) is 1. The number of rotatable bonds is 6. The summed E-state index contributed by atoms with van der Waals surface area (Å²) in [6.45, 7) is 2.73. The molecular formula is C11H22N2O2.